The van der Waals surface area contributed by atoms with Crippen LogP contribution in [0.25, 0.3) is 11.3 Å². The topological polar surface area (TPSA) is 31.4 Å². The van der Waals surface area contributed by atoms with Crippen LogP contribution in [-0.4, -0.2) is 18.2 Å². The fraction of sp³-hybridized carbons (Fsp3) is 0.560. The number of ether oxygens (including phenoxy) is 2. The Hall–Kier alpha value is -2.03. The van der Waals surface area contributed by atoms with Crippen LogP contribution in [-0.2, 0) is 0 Å². The number of pyridine rings is 1. The Morgan fingerprint density at radius 3 is 2.11 bits per heavy atom. The summed E-state index contributed by atoms with van der Waals surface area (Å²) in [7, 11) is 0. The van der Waals surface area contributed by atoms with Crippen molar-refractivity contribution < 1.29 is 9.47 Å². The number of benzene rings is 1. The molecule has 0 saturated carbocycles. The van der Waals surface area contributed by atoms with Gasteiger partial charge in [-0.05, 0) is 48.7 Å². The fourth-order valence-electron chi connectivity index (χ4n) is 2.96. The molecule has 0 saturated heterocycles. The van der Waals surface area contributed by atoms with Crippen molar-refractivity contribution in [2.45, 2.75) is 72.1 Å². The van der Waals surface area contributed by atoms with Gasteiger partial charge < -0.3 is 9.47 Å². The highest BCUT2D eigenvalue weighted by atomic mass is 16.5. The molecule has 1 unspecified atom stereocenters. The monoisotopic (exact) mass is 383 g/mol. The van der Waals surface area contributed by atoms with E-state index in [9.17, 15) is 0 Å². The molecule has 154 valence electrons. The van der Waals surface area contributed by atoms with Crippen LogP contribution in [0.1, 0.15) is 72.1 Å². The number of unbranched alkanes of at least 4 members (excludes halogenated alkanes) is 6. The first kappa shape index (κ1) is 22.3. The van der Waals surface area contributed by atoms with Gasteiger partial charge in [-0.15, -0.1) is 0 Å². The van der Waals surface area contributed by atoms with Gasteiger partial charge in [-0.1, -0.05) is 65.7 Å². The summed E-state index contributed by atoms with van der Waals surface area (Å²) in [6.07, 6.45) is 12.0. The lowest BCUT2D eigenvalue weighted by atomic mass is 10.1. The zero-order valence-electron chi connectivity index (χ0n) is 18.0. The van der Waals surface area contributed by atoms with E-state index in [0.29, 0.717) is 5.92 Å². The molecular weight excluding hydrogens is 346 g/mol. The Balaban J connectivity index is 1.71. The van der Waals surface area contributed by atoms with E-state index >= 15 is 0 Å². The molecule has 2 aromatic rings. The molecule has 0 aliphatic heterocycles. The van der Waals surface area contributed by atoms with E-state index in [1.807, 2.05) is 30.5 Å². The molecule has 1 atom stereocenters. The van der Waals surface area contributed by atoms with Crippen LogP contribution < -0.4 is 9.47 Å². The minimum absolute atomic E-state index is 0.579. The van der Waals surface area contributed by atoms with Crippen LogP contribution in [0.15, 0.2) is 42.6 Å². The zero-order chi connectivity index (χ0) is 20.0. The Morgan fingerprint density at radius 2 is 1.46 bits per heavy atom. The Labute approximate surface area is 171 Å². The van der Waals surface area contributed by atoms with Gasteiger partial charge in [-0.25, -0.2) is 0 Å². The van der Waals surface area contributed by atoms with Gasteiger partial charge in [0, 0.05) is 5.56 Å². The van der Waals surface area contributed by atoms with Gasteiger partial charge in [0.25, 0.3) is 0 Å². The smallest absolute Gasteiger partial charge is 0.137 e. The van der Waals surface area contributed by atoms with Crippen molar-refractivity contribution >= 4 is 0 Å². The number of hydrogen-bond donors (Lipinski definition) is 0. The van der Waals surface area contributed by atoms with E-state index in [1.165, 1.54) is 38.5 Å². The Morgan fingerprint density at radius 1 is 0.786 bits per heavy atom. The summed E-state index contributed by atoms with van der Waals surface area (Å²) >= 11 is 0. The second kappa shape index (κ2) is 13.2. The average Bonchev–Trinajstić information content (AvgIpc) is 2.74. The van der Waals surface area contributed by atoms with Gasteiger partial charge in [-0.3, -0.25) is 4.98 Å². The molecule has 2 rings (SSSR count). The van der Waals surface area contributed by atoms with Gasteiger partial charge in [-0.2, -0.15) is 0 Å². The maximum Gasteiger partial charge on any atom is 0.137 e. The van der Waals surface area contributed by atoms with Crippen molar-refractivity contribution in [2.24, 2.45) is 5.92 Å². The summed E-state index contributed by atoms with van der Waals surface area (Å²) in [6, 6.07) is 12.2. The molecule has 0 amide bonds. The van der Waals surface area contributed by atoms with Crippen LogP contribution in [0.2, 0.25) is 0 Å². The van der Waals surface area contributed by atoms with E-state index in [-0.39, 0.29) is 0 Å². The molecule has 0 N–H and O–H groups in total. The molecule has 1 aromatic carbocycles. The highest BCUT2D eigenvalue weighted by Crippen LogP contribution is 2.23. The molecule has 0 aliphatic carbocycles. The fourth-order valence-corrected chi connectivity index (χ4v) is 2.96. The quantitative estimate of drug-likeness (QED) is 0.321. The number of nitrogens with zero attached hydrogens (tertiary/aromatic N) is 1. The van der Waals surface area contributed by atoms with E-state index in [4.69, 9.17) is 9.47 Å². The maximum atomic E-state index is 5.83. The normalized spacial score (nSPS) is 12.0. The first-order valence-electron chi connectivity index (χ1n) is 11.0. The van der Waals surface area contributed by atoms with Crippen molar-refractivity contribution in [1.29, 1.82) is 0 Å². The summed E-state index contributed by atoms with van der Waals surface area (Å²) in [5, 5.41) is 0. The van der Waals surface area contributed by atoms with Crippen LogP contribution in [0.4, 0.5) is 0 Å². The van der Waals surface area contributed by atoms with Crippen LogP contribution in [0.3, 0.4) is 0 Å². The summed E-state index contributed by atoms with van der Waals surface area (Å²) in [5.41, 5.74) is 2.05. The summed E-state index contributed by atoms with van der Waals surface area (Å²) in [6.45, 7) is 8.18. The first-order valence-corrected chi connectivity index (χ1v) is 11.0. The van der Waals surface area contributed by atoms with Gasteiger partial charge in [0.05, 0.1) is 25.1 Å². The Kier molecular flexibility index (Phi) is 10.5. The largest absolute Gasteiger partial charge is 0.493 e. The SMILES string of the molecule is CCCCCCCCCOc1ccc(-c2ccc(OCC(C)CC)cc2)nc1. The molecule has 0 fully saturated rings. The van der Waals surface area contributed by atoms with E-state index < -0.39 is 0 Å². The number of hydrogen-bond acceptors (Lipinski definition) is 3. The predicted molar refractivity (Wildman–Crippen MR) is 118 cm³/mol. The number of aromatic nitrogens is 1. The zero-order valence-corrected chi connectivity index (χ0v) is 18.0. The molecule has 0 bridgehead atoms. The predicted octanol–water partition coefficient (Wildman–Crippen LogP) is 7.30. The molecule has 0 spiro atoms. The molecular formula is C25H37NO2. The highest BCUT2D eigenvalue weighted by Gasteiger charge is 2.03. The van der Waals surface area contributed by atoms with Gasteiger partial charge in [0.15, 0.2) is 0 Å². The second-order valence-corrected chi connectivity index (χ2v) is 7.70. The summed E-state index contributed by atoms with van der Waals surface area (Å²) in [5.74, 6) is 2.34. The lowest BCUT2D eigenvalue weighted by Gasteiger charge is -2.11. The van der Waals surface area contributed by atoms with Gasteiger partial charge in [0.1, 0.15) is 11.5 Å². The van der Waals surface area contributed by atoms with Crippen molar-refractivity contribution in [3.05, 3.63) is 42.6 Å². The minimum Gasteiger partial charge on any atom is -0.493 e. The molecule has 3 heteroatoms. The molecule has 28 heavy (non-hydrogen) atoms. The van der Waals surface area contributed by atoms with E-state index in [0.717, 1.165) is 48.8 Å². The second-order valence-electron chi connectivity index (χ2n) is 7.70. The van der Waals surface area contributed by atoms with E-state index in [1.54, 1.807) is 0 Å². The summed E-state index contributed by atoms with van der Waals surface area (Å²) < 4.78 is 11.6. The van der Waals surface area contributed by atoms with Crippen molar-refractivity contribution in [3.8, 4) is 22.8 Å². The highest BCUT2D eigenvalue weighted by molar-refractivity contribution is 5.60. The number of rotatable bonds is 14. The minimum atomic E-state index is 0.579. The summed E-state index contributed by atoms with van der Waals surface area (Å²) in [4.78, 5) is 4.55. The van der Waals surface area contributed by atoms with Crippen molar-refractivity contribution in [3.63, 3.8) is 0 Å². The van der Waals surface area contributed by atoms with Crippen LogP contribution in [0.5, 0.6) is 11.5 Å². The molecule has 0 radical (unpaired) electrons. The average molecular weight is 384 g/mol. The first-order chi connectivity index (χ1) is 13.7. The Bertz CT molecular complexity index is 637. The van der Waals surface area contributed by atoms with Crippen molar-refractivity contribution in [2.75, 3.05) is 13.2 Å². The van der Waals surface area contributed by atoms with Crippen molar-refractivity contribution in [1.82, 2.24) is 4.98 Å². The van der Waals surface area contributed by atoms with Gasteiger partial charge in [0.2, 0.25) is 0 Å². The van der Waals surface area contributed by atoms with Crippen LogP contribution >= 0.6 is 0 Å². The molecule has 1 aromatic heterocycles. The third-order valence-corrected chi connectivity index (χ3v) is 5.13. The van der Waals surface area contributed by atoms with Crippen LogP contribution in [0, 0.1) is 5.92 Å². The molecule has 1 heterocycles. The van der Waals surface area contributed by atoms with E-state index in [2.05, 4.69) is 37.9 Å². The third-order valence-electron chi connectivity index (χ3n) is 5.13. The van der Waals surface area contributed by atoms with Gasteiger partial charge >= 0.3 is 0 Å². The third kappa shape index (κ3) is 8.33. The maximum absolute atomic E-state index is 5.83. The molecule has 0 aliphatic rings. The molecule has 3 nitrogen and oxygen atoms in total. The lowest BCUT2D eigenvalue weighted by Crippen LogP contribution is -2.06. The standard InChI is InChI=1S/C25H37NO2/c1-4-6-7-8-9-10-11-18-27-24-16-17-25(26-19-24)22-12-14-23(15-13-22)28-20-21(3)5-2/h12-17,19,21H,4-11,18,20H2,1-3H3. The lowest BCUT2D eigenvalue weighted by molar-refractivity contribution is 0.256.